The number of para-hydroxylation sites is 2. The molecule has 5 nitrogen and oxygen atoms in total. The second-order valence-corrected chi connectivity index (χ2v) is 7.17. The average Bonchev–Trinajstić information content (AvgIpc) is 3.26. The lowest BCUT2D eigenvalue weighted by Gasteiger charge is -2.28. The van der Waals surface area contributed by atoms with E-state index in [0.717, 1.165) is 4.90 Å². The van der Waals surface area contributed by atoms with Crippen LogP contribution in [-0.4, -0.2) is 17.9 Å². The highest BCUT2D eigenvalue weighted by Crippen LogP contribution is 2.47. The summed E-state index contributed by atoms with van der Waals surface area (Å²) in [6, 6.07) is 19.7. The van der Waals surface area contributed by atoms with Crippen LogP contribution in [0, 0.1) is 17.6 Å². The number of carbonyl (C=O) groups excluding carboxylic acids is 2. The molecule has 3 aromatic rings. The average molecular weight is 406 g/mol. The summed E-state index contributed by atoms with van der Waals surface area (Å²) in [5.41, 5.74) is 1.16. The maximum absolute atomic E-state index is 14.3. The fourth-order valence-electron chi connectivity index (χ4n) is 4.08. The number of amides is 2. The molecule has 2 fully saturated rings. The third-order valence-electron chi connectivity index (χ3n) is 5.43. The van der Waals surface area contributed by atoms with Gasteiger partial charge in [0.05, 0.1) is 17.4 Å². The van der Waals surface area contributed by atoms with Gasteiger partial charge in [-0.2, -0.15) is 0 Å². The first-order valence-corrected chi connectivity index (χ1v) is 9.45. The van der Waals surface area contributed by atoms with E-state index in [9.17, 15) is 18.4 Å². The van der Waals surface area contributed by atoms with Crippen molar-refractivity contribution in [2.24, 2.45) is 5.92 Å². The van der Waals surface area contributed by atoms with E-state index in [1.54, 1.807) is 30.3 Å². The van der Waals surface area contributed by atoms with Crippen LogP contribution >= 0.6 is 0 Å². The summed E-state index contributed by atoms with van der Waals surface area (Å²) in [7, 11) is 0. The molecule has 0 unspecified atom stereocenters. The Morgan fingerprint density at radius 1 is 0.767 bits per heavy atom. The van der Waals surface area contributed by atoms with Crippen LogP contribution in [0.4, 0.5) is 20.2 Å². The van der Waals surface area contributed by atoms with Crippen molar-refractivity contribution in [3.63, 3.8) is 0 Å². The standard InChI is InChI=1S/C23H16F2N2O3/c24-15-12-10-14(11-13-15)20-19-21(30-27(20)16-6-2-1-3-7-16)23(29)26(22(19)28)18-9-5-4-8-17(18)25/h1-13,19-21H/t19-,20+,21+/m0/s1. The van der Waals surface area contributed by atoms with Crippen LogP contribution in [0.2, 0.25) is 0 Å². The van der Waals surface area contributed by atoms with Crippen molar-refractivity contribution in [1.29, 1.82) is 0 Å². The van der Waals surface area contributed by atoms with E-state index in [0.29, 0.717) is 11.3 Å². The predicted octanol–water partition coefficient (Wildman–Crippen LogP) is 4.02. The fourth-order valence-corrected chi connectivity index (χ4v) is 4.08. The maximum Gasteiger partial charge on any atom is 0.266 e. The van der Waals surface area contributed by atoms with Crippen LogP contribution in [0.5, 0.6) is 0 Å². The first-order chi connectivity index (χ1) is 14.6. The number of imide groups is 1. The molecule has 7 heteroatoms. The summed E-state index contributed by atoms with van der Waals surface area (Å²) in [6.45, 7) is 0. The molecule has 3 atom stereocenters. The van der Waals surface area contributed by atoms with Crippen LogP contribution < -0.4 is 9.96 Å². The molecule has 3 aromatic carbocycles. The highest BCUT2D eigenvalue weighted by Gasteiger charge is 2.60. The van der Waals surface area contributed by atoms with Crippen molar-refractivity contribution in [1.82, 2.24) is 0 Å². The van der Waals surface area contributed by atoms with E-state index in [1.807, 2.05) is 18.2 Å². The Morgan fingerprint density at radius 2 is 1.43 bits per heavy atom. The minimum Gasteiger partial charge on any atom is -0.273 e. The molecule has 2 heterocycles. The summed E-state index contributed by atoms with van der Waals surface area (Å²) in [5, 5.41) is 1.51. The fraction of sp³-hybridized carbons (Fsp3) is 0.130. The lowest BCUT2D eigenvalue weighted by molar-refractivity contribution is -0.126. The first-order valence-electron chi connectivity index (χ1n) is 9.45. The zero-order chi connectivity index (χ0) is 20.8. The van der Waals surface area contributed by atoms with E-state index in [-0.39, 0.29) is 5.69 Å². The van der Waals surface area contributed by atoms with E-state index in [1.165, 1.54) is 35.4 Å². The largest absolute Gasteiger partial charge is 0.273 e. The number of hydrogen-bond donors (Lipinski definition) is 0. The van der Waals surface area contributed by atoms with Crippen molar-refractivity contribution < 1.29 is 23.2 Å². The van der Waals surface area contributed by atoms with Crippen LogP contribution in [0.1, 0.15) is 11.6 Å². The molecular weight excluding hydrogens is 390 g/mol. The molecule has 30 heavy (non-hydrogen) atoms. The number of carbonyl (C=O) groups is 2. The van der Waals surface area contributed by atoms with Gasteiger partial charge in [0.15, 0.2) is 6.10 Å². The van der Waals surface area contributed by atoms with Crippen LogP contribution in [0.3, 0.4) is 0 Å². The number of benzene rings is 3. The predicted molar refractivity (Wildman–Crippen MR) is 105 cm³/mol. The van der Waals surface area contributed by atoms with Gasteiger partial charge in [-0.1, -0.05) is 42.5 Å². The molecule has 2 saturated heterocycles. The first kappa shape index (κ1) is 18.4. The zero-order valence-electron chi connectivity index (χ0n) is 15.6. The van der Waals surface area contributed by atoms with E-state index >= 15 is 0 Å². The molecule has 150 valence electrons. The second-order valence-electron chi connectivity index (χ2n) is 7.17. The highest BCUT2D eigenvalue weighted by molar-refractivity contribution is 6.24. The molecule has 0 N–H and O–H groups in total. The summed E-state index contributed by atoms with van der Waals surface area (Å²) in [4.78, 5) is 33.2. The molecule has 0 spiro atoms. The van der Waals surface area contributed by atoms with E-state index in [4.69, 9.17) is 4.84 Å². The summed E-state index contributed by atoms with van der Waals surface area (Å²) >= 11 is 0. The summed E-state index contributed by atoms with van der Waals surface area (Å²) < 4.78 is 27.8. The Labute approximate surface area is 171 Å². The molecular formula is C23H16F2N2O3. The maximum atomic E-state index is 14.3. The molecule has 0 radical (unpaired) electrons. The molecule has 0 aromatic heterocycles. The molecule has 2 aliphatic rings. The van der Waals surface area contributed by atoms with Crippen molar-refractivity contribution >= 4 is 23.2 Å². The van der Waals surface area contributed by atoms with Crippen LogP contribution in [0.15, 0.2) is 78.9 Å². The normalized spacial score (nSPS) is 23.2. The van der Waals surface area contributed by atoms with Gasteiger partial charge in [-0.25, -0.2) is 18.7 Å². The zero-order valence-corrected chi connectivity index (χ0v) is 15.6. The van der Waals surface area contributed by atoms with Crippen LogP contribution in [-0.2, 0) is 14.4 Å². The van der Waals surface area contributed by atoms with Crippen LogP contribution in [0.25, 0.3) is 0 Å². The number of hydroxylamine groups is 1. The number of rotatable bonds is 3. The van der Waals surface area contributed by atoms with Gasteiger partial charge in [-0.15, -0.1) is 0 Å². The molecule has 5 rings (SSSR count). The van der Waals surface area contributed by atoms with Gasteiger partial charge in [0.1, 0.15) is 17.6 Å². The Hall–Kier alpha value is -3.58. The second kappa shape index (κ2) is 7.03. The number of anilines is 2. The lowest BCUT2D eigenvalue weighted by Crippen LogP contribution is -2.37. The molecule has 0 aliphatic carbocycles. The minimum atomic E-state index is -1.10. The number of halogens is 2. The van der Waals surface area contributed by atoms with E-state index < -0.39 is 41.5 Å². The van der Waals surface area contributed by atoms with Gasteiger partial charge in [0.2, 0.25) is 5.91 Å². The molecule has 0 saturated carbocycles. The molecule has 2 amide bonds. The highest BCUT2D eigenvalue weighted by atomic mass is 19.1. The van der Waals surface area contributed by atoms with Gasteiger partial charge in [-0.05, 0) is 42.0 Å². The van der Waals surface area contributed by atoms with E-state index in [2.05, 4.69) is 0 Å². The van der Waals surface area contributed by atoms with Crippen molar-refractivity contribution in [2.45, 2.75) is 12.1 Å². The summed E-state index contributed by atoms with van der Waals surface area (Å²) in [6.07, 6.45) is -1.10. The number of fused-ring (bicyclic) bond motifs is 1. The Bertz CT molecular complexity index is 1120. The Kier molecular flexibility index (Phi) is 4.33. The van der Waals surface area contributed by atoms with Crippen molar-refractivity contribution in [3.8, 4) is 0 Å². The lowest BCUT2D eigenvalue weighted by atomic mass is 9.90. The SMILES string of the molecule is O=C1[C@H]2[C@@H](c3ccc(F)cc3)N(c3ccccc3)O[C@H]2C(=O)N1c1ccccc1F. The van der Waals surface area contributed by atoms with Gasteiger partial charge >= 0.3 is 0 Å². The molecule has 2 aliphatic heterocycles. The number of nitrogens with zero attached hydrogens (tertiary/aromatic N) is 2. The minimum absolute atomic E-state index is 0.102. The van der Waals surface area contributed by atoms with Gasteiger partial charge < -0.3 is 0 Å². The van der Waals surface area contributed by atoms with Gasteiger partial charge in [0, 0.05) is 0 Å². The summed E-state index contributed by atoms with van der Waals surface area (Å²) in [5.74, 6) is -3.16. The van der Waals surface area contributed by atoms with Crippen molar-refractivity contribution in [2.75, 3.05) is 9.96 Å². The smallest absolute Gasteiger partial charge is 0.266 e. The molecule has 0 bridgehead atoms. The third kappa shape index (κ3) is 2.78. The third-order valence-corrected chi connectivity index (χ3v) is 5.43. The topological polar surface area (TPSA) is 49.9 Å². The monoisotopic (exact) mass is 406 g/mol. The Morgan fingerprint density at radius 3 is 2.13 bits per heavy atom. The number of hydrogen-bond acceptors (Lipinski definition) is 4. The van der Waals surface area contributed by atoms with Crippen molar-refractivity contribution in [3.05, 3.63) is 96.1 Å². The van der Waals surface area contributed by atoms with Gasteiger partial charge in [-0.3, -0.25) is 14.4 Å². The quantitative estimate of drug-likeness (QED) is 0.617. The van der Waals surface area contributed by atoms with Gasteiger partial charge in [0.25, 0.3) is 5.91 Å². The Balaban J connectivity index is 1.60.